The zero-order chi connectivity index (χ0) is 27.8. The minimum absolute atomic E-state index is 0.461. The number of nitrogens with zero attached hydrogens (tertiary/aromatic N) is 3. The molecule has 2 N–H and O–H groups in total. The van der Waals surface area contributed by atoms with Gasteiger partial charge < -0.3 is 19.8 Å². The van der Waals surface area contributed by atoms with E-state index >= 15 is 0 Å². The number of aromatic nitrogens is 1. The van der Waals surface area contributed by atoms with Gasteiger partial charge in [-0.05, 0) is 37.5 Å². The second kappa shape index (κ2) is 12.9. The van der Waals surface area contributed by atoms with E-state index in [1.165, 1.54) is 23.8 Å². The van der Waals surface area contributed by atoms with E-state index in [-0.39, 0.29) is 0 Å². The fourth-order valence-electron chi connectivity index (χ4n) is 3.73. The van der Waals surface area contributed by atoms with Crippen molar-refractivity contribution >= 4 is 28.7 Å². The molecule has 2 aliphatic heterocycles. The average Bonchev–Trinajstić information content (AvgIpc) is 3.32. The summed E-state index contributed by atoms with van der Waals surface area (Å²) in [7, 11) is 0. The van der Waals surface area contributed by atoms with E-state index in [9.17, 15) is 26.3 Å². The highest BCUT2D eigenvalue weighted by atomic mass is 19.4. The predicted octanol–water partition coefficient (Wildman–Crippen LogP) is 4.11. The van der Waals surface area contributed by atoms with Crippen LogP contribution in [0.3, 0.4) is 0 Å². The van der Waals surface area contributed by atoms with E-state index in [0.717, 1.165) is 50.7 Å². The number of alkyl halides is 6. The standard InChI is InChI=1S/C19H25N3O.2C2HF3O2/c1-15-13-19(20-18-7-3-2-6-17(15)18)22-10-8-21(9-11-22)14-16-5-4-12-23-16;2*3-2(4,5)1(6)7/h2-3,6-7,13,16H,4-5,8-12,14H2,1H3;2*(H,6,7). The molecule has 37 heavy (non-hydrogen) atoms. The lowest BCUT2D eigenvalue weighted by atomic mass is 10.1. The smallest absolute Gasteiger partial charge is 0.475 e. The van der Waals surface area contributed by atoms with Crippen LogP contribution < -0.4 is 4.90 Å². The minimum Gasteiger partial charge on any atom is -0.475 e. The van der Waals surface area contributed by atoms with Crippen LogP contribution in [0.4, 0.5) is 32.2 Å². The normalized spacial score (nSPS) is 18.5. The molecule has 8 nitrogen and oxygen atoms in total. The Balaban J connectivity index is 0.000000286. The fraction of sp³-hybridized carbons (Fsp3) is 0.522. The molecule has 14 heteroatoms. The molecule has 0 amide bonds. The maximum absolute atomic E-state index is 10.6. The first-order chi connectivity index (χ1) is 17.2. The van der Waals surface area contributed by atoms with Gasteiger partial charge in [0, 0.05) is 44.7 Å². The van der Waals surface area contributed by atoms with E-state index < -0.39 is 24.3 Å². The van der Waals surface area contributed by atoms with Crippen LogP contribution in [0, 0.1) is 6.92 Å². The van der Waals surface area contributed by atoms with Crippen LogP contribution in [0.5, 0.6) is 0 Å². The molecule has 0 aliphatic carbocycles. The van der Waals surface area contributed by atoms with Crippen LogP contribution in [-0.2, 0) is 14.3 Å². The van der Waals surface area contributed by atoms with Gasteiger partial charge in [0.15, 0.2) is 0 Å². The lowest BCUT2D eigenvalue weighted by Gasteiger charge is -2.36. The second-order valence-corrected chi connectivity index (χ2v) is 8.34. The van der Waals surface area contributed by atoms with Gasteiger partial charge in [0.2, 0.25) is 0 Å². The number of halogens is 6. The first-order valence-electron chi connectivity index (χ1n) is 11.2. The molecule has 0 radical (unpaired) electrons. The Morgan fingerprint density at radius 2 is 1.54 bits per heavy atom. The molecular formula is C23H27F6N3O5. The number of piperazine rings is 1. The summed E-state index contributed by atoms with van der Waals surface area (Å²) in [6.07, 6.45) is -7.25. The lowest BCUT2D eigenvalue weighted by Crippen LogP contribution is -2.48. The summed E-state index contributed by atoms with van der Waals surface area (Å²) in [5.41, 5.74) is 2.41. The highest BCUT2D eigenvalue weighted by Gasteiger charge is 2.38. The molecule has 2 saturated heterocycles. The molecule has 4 rings (SSSR count). The Bertz CT molecular complexity index is 1030. The van der Waals surface area contributed by atoms with Crippen molar-refractivity contribution in [2.45, 2.75) is 38.2 Å². The lowest BCUT2D eigenvalue weighted by molar-refractivity contribution is -0.193. The molecule has 0 spiro atoms. The number of ether oxygens (including phenoxy) is 1. The van der Waals surface area contributed by atoms with Crippen molar-refractivity contribution < 1.29 is 50.9 Å². The van der Waals surface area contributed by atoms with Crippen molar-refractivity contribution in [3.8, 4) is 0 Å². The molecule has 1 atom stereocenters. The molecule has 206 valence electrons. The van der Waals surface area contributed by atoms with E-state index in [2.05, 4.69) is 47.1 Å². The molecule has 1 unspecified atom stereocenters. The molecule has 2 aliphatic rings. The number of anilines is 1. The van der Waals surface area contributed by atoms with Crippen LogP contribution in [0.2, 0.25) is 0 Å². The fourth-order valence-corrected chi connectivity index (χ4v) is 3.73. The summed E-state index contributed by atoms with van der Waals surface area (Å²) in [5, 5.41) is 15.5. The van der Waals surface area contributed by atoms with Gasteiger partial charge in [0.05, 0.1) is 11.6 Å². The van der Waals surface area contributed by atoms with E-state index in [1.54, 1.807) is 0 Å². The topological polar surface area (TPSA) is 103 Å². The van der Waals surface area contributed by atoms with Gasteiger partial charge in [-0.25, -0.2) is 14.6 Å². The molecular weight excluding hydrogens is 512 g/mol. The van der Waals surface area contributed by atoms with E-state index in [0.29, 0.717) is 6.10 Å². The maximum atomic E-state index is 10.6. The monoisotopic (exact) mass is 539 g/mol. The number of fused-ring (bicyclic) bond motifs is 1. The summed E-state index contributed by atoms with van der Waals surface area (Å²) in [4.78, 5) is 27.6. The maximum Gasteiger partial charge on any atom is 0.490 e. The molecule has 0 bridgehead atoms. The van der Waals surface area contributed by atoms with Crippen LogP contribution in [0.1, 0.15) is 18.4 Å². The second-order valence-electron chi connectivity index (χ2n) is 8.34. The van der Waals surface area contributed by atoms with E-state index in [4.69, 9.17) is 29.5 Å². The van der Waals surface area contributed by atoms with Crippen molar-refractivity contribution in [1.29, 1.82) is 0 Å². The van der Waals surface area contributed by atoms with Gasteiger partial charge in [-0.2, -0.15) is 26.3 Å². The summed E-state index contributed by atoms with van der Waals surface area (Å²) in [6.45, 7) is 8.54. The molecule has 3 heterocycles. The number of carboxylic acid groups (broad SMARTS) is 2. The SMILES string of the molecule is Cc1cc(N2CCN(CC3CCCO3)CC2)nc2ccccc12.O=C(O)C(F)(F)F.O=C(O)C(F)(F)F. The van der Waals surface area contributed by atoms with E-state index in [1.807, 2.05) is 0 Å². The Morgan fingerprint density at radius 3 is 2.03 bits per heavy atom. The largest absolute Gasteiger partial charge is 0.490 e. The van der Waals surface area contributed by atoms with Gasteiger partial charge >= 0.3 is 24.3 Å². The minimum atomic E-state index is -5.08. The zero-order valence-electron chi connectivity index (χ0n) is 19.8. The van der Waals surface area contributed by atoms with Crippen molar-refractivity contribution in [1.82, 2.24) is 9.88 Å². The molecule has 1 aromatic carbocycles. The van der Waals surface area contributed by atoms with Gasteiger partial charge in [0.1, 0.15) is 5.82 Å². The number of carboxylic acids is 2. The Kier molecular flexibility index (Phi) is 10.5. The third-order valence-electron chi connectivity index (χ3n) is 5.58. The van der Waals surface area contributed by atoms with Gasteiger partial charge in [0.25, 0.3) is 0 Å². The third-order valence-corrected chi connectivity index (χ3v) is 5.58. The number of hydrogen-bond donors (Lipinski definition) is 2. The number of benzene rings is 1. The van der Waals surface area contributed by atoms with Gasteiger partial charge in [-0.1, -0.05) is 18.2 Å². The molecule has 0 saturated carbocycles. The number of aryl methyl sites for hydroxylation is 1. The quantitative estimate of drug-likeness (QED) is 0.562. The average molecular weight is 539 g/mol. The summed E-state index contributed by atoms with van der Waals surface area (Å²) >= 11 is 0. The van der Waals surface area contributed by atoms with Crippen LogP contribution in [-0.4, -0.2) is 89.8 Å². The van der Waals surface area contributed by atoms with Crippen molar-refractivity contribution in [3.05, 3.63) is 35.9 Å². The third kappa shape index (κ3) is 9.69. The first kappa shape index (κ1) is 30.1. The van der Waals surface area contributed by atoms with Crippen molar-refractivity contribution in [2.75, 3.05) is 44.2 Å². The van der Waals surface area contributed by atoms with Crippen LogP contribution in [0.15, 0.2) is 30.3 Å². The first-order valence-corrected chi connectivity index (χ1v) is 11.2. The summed E-state index contributed by atoms with van der Waals surface area (Å²) in [6, 6.07) is 10.7. The van der Waals surface area contributed by atoms with Crippen LogP contribution >= 0.6 is 0 Å². The van der Waals surface area contributed by atoms with Crippen molar-refractivity contribution in [2.24, 2.45) is 0 Å². The predicted molar refractivity (Wildman–Crippen MR) is 121 cm³/mol. The number of aliphatic carboxylic acids is 2. The zero-order valence-corrected chi connectivity index (χ0v) is 19.8. The van der Waals surface area contributed by atoms with Gasteiger partial charge in [-0.3, -0.25) is 4.90 Å². The number of rotatable bonds is 3. The Morgan fingerprint density at radius 1 is 1.00 bits per heavy atom. The summed E-state index contributed by atoms with van der Waals surface area (Å²) < 4.78 is 69.2. The van der Waals surface area contributed by atoms with Crippen LogP contribution in [0.25, 0.3) is 10.9 Å². The molecule has 1 aromatic heterocycles. The Hall–Kier alpha value is -3.13. The molecule has 2 aromatic rings. The number of pyridine rings is 1. The number of hydrogen-bond acceptors (Lipinski definition) is 6. The summed E-state index contributed by atoms with van der Waals surface area (Å²) in [5.74, 6) is -4.39. The highest BCUT2D eigenvalue weighted by molar-refractivity contribution is 5.83. The van der Waals surface area contributed by atoms with Crippen molar-refractivity contribution in [3.63, 3.8) is 0 Å². The Labute approximate surface area is 208 Å². The van der Waals surface area contributed by atoms with Gasteiger partial charge in [-0.15, -0.1) is 0 Å². The highest BCUT2D eigenvalue weighted by Crippen LogP contribution is 2.23. The molecule has 2 fully saturated rings. The number of carbonyl (C=O) groups is 2. The number of para-hydroxylation sites is 1.